The highest BCUT2D eigenvalue weighted by molar-refractivity contribution is 5.88. The number of rotatable bonds is 3. The van der Waals surface area contributed by atoms with Crippen molar-refractivity contribution in [1.29, 1.82) is 0 Å². The molecule has 4 N–H and O–H groups in total. The first-order chi connectivity index (χ1) is 8.00. The quantitative estimate of drug-likeness (QED) is 0.651. The van der Waals surface area contributed by atoms with Crippen molar-refractivity contribution in [1.82, 2.24) is 5.32 Å². The molecule has 1 fully saturated rings. The van der Waals surface area contributed by atoms with Crippen LogP contribution in [0.25, 0.3) is 0 Å². The van der Waals surface area contributed by atoms with Crippen molar-refractivity contribution in [3.8, 4) is 0 Å². The Bertz CT molecular complexity index is 371. The number of carbonyl (C=O) groups excluding carboxylic acids is 1. The zero-order valence-electron chi connectivity index (χ0n) is 9.55. The predicted octanol–water partition coefficient (Wildman–Crippen LogP) is 0.129. The van der Waals surface area contributed by atoms with Gasteiger partial charge in [-0.25, -0.2) is 0 Å². The van der Waals surface area contributed by atoms with Gasteiger partial charge in [0, 0.05) is 13.3 Å². The summed E-state index contributed by atoms with van der Waals surface area (Å²) in [6.45, 7) is 1.08. The molecular weight excluding hydrogens is 224 g/mol. The number of carbonyl (C=O) groups is 2. The van der Waals surface area contributed by atoms with Gasteiger partial charge in [0.15, 0.2) is 0 Å². The second-order valence-corrected chi connectivity index (χ2v) is 3.78. The van der Waals surface area contributed by atoms with Crippen molar-refractivity contribution in [2.75, 3.05) is 0 Å². The van der Waals surface area contributed by atoms with Crippen LogP contribution < -0.4 is 11.1 Å². The molecule has 1 aromatic heterocycles. The van der Waals surface area contributed by atoms with E-state index in [1.807, 2.05) is 12.1 Å². The topological polar surface area (TPSA) is 106 Å². The van der Waals surface area contributed by atoms with Gasteiger partial charge in [-0.1, -0.05) is 0 Å². The van der Waals surface area contributed by atoms with E-state index in [9.17, 15) is 4.79 Å². The summed E-state index contributed by atoms with van der Waals surface area (Å²) in [5.41, 5.74) is 5.56. The van der Waals surface area contributed by atoms with E-state index in [0.717, 1.165) is 25.5 Å². The van der Waals surface area contributed by atoms with E-state index in [1.54, 1.807) is 6.26 Å². The third-order valence-electron chi connectivity index (χ3n) is 2.35. The fourth-order valence-corrected chi connectivity index (χ4v) is 1.46. The summed E-state index contributed by atoms with van der Waals surface area (Å²) < 4.78 is 5.16. The van der Waals surface area contributed by atoms with Crippen LogP contribution in [0.4, 0.5) is 0 Å². The number of nitrogens with one attached hydrogen (secondary N) is 1. The van der Waals surface area contributed by atoms with Gasteiger partial charge >= 0.3 is 0 Å². The number of amides is 1. The maximum absolute atomic E-state index is 10.7. The summed E-state index contributed by atoms with van der Waals surface area (Å²) in [6.07, 6.45) is 3.32. The molecule has 1 amide bonds. The maximum atomic E-state index is 10.7. The first kappa shape index (κ1) is 13.2. The molecule has 2 heterocycles. The summed E-state index contributed by atoms with van der Waals surface area (Å²) in [6, 6.07) is 3.58. The highest BCUT2D eigenvalue weighted by atomic mass is 16.4. The van der Waals surface area contributed by atoms with E-state index in [2.05, 4.69) is 5.32 Å². The first-order valence-corrected chi connectivity index (χ1v) is 5.28. The molecule has 0 saturated carbocycles. The lowest BCUT2D eigenvalue weighted by Gasteiger charge is -2.33. The molecule has 6 heteroatoms. The van der Waals surface area contributed by atoms with Gasteiger partial charge in [-0.2, -0.15) is 0 Å². The van der Waals surface area contributed by atoms with Gasteiger partial charge in [0.1, 0.15) is 11.8 Å². The zero-order valence-corrected chi connectivity index (χ0v) is 9.55. The molecule has 0 bridgehead atoms. The summed E-state index contributed by atoms with van der Waals surface area (Å²) in [4.78, 5) is 19.7. The number of β-lactam (4-membered cyclic amide) rings is 1. The normalized spacial score (nSPS) is 21.9. The number of aryl methyl sites for hydroxylation is 1. The van der Waals surface area contributed by atoms with E-state index in [-0.39, 0.29) is 18.0 Å². The molecule has 2 atom stereocenters. The predicted molar refractivity (Wildman–Crippen MR) is 60.2 cm³/mol. The summed E-state index contributed by atoms with van der Waals surface area (Å²) in [5, 5.41) is 10.2. The highest BCUT2D eigenvalue weighted by Gasteiger charge is 2.35. The molecule has 1 saturated heterocycles. The minimum absolute atomic E-state index is 0.0514. The number of nitrogens with two attached hydrogens (primary N) is 1. The lowest BCUT2D eigenvalue weighted by molar-refractivity contribution is -0.134. The summed E-state index contributed by atoms with van der Waals surface area (Å²) in [5.74, 6) is 0.0535. The van der Waals surface area contributed by atoms with E-state index in [0.29, 0.717) is 0 Å². The number of carboxylic acid groups (broad SMARTS) is 1. The van der Waals surface area contributed by atoms with Crippen molar-refractivity contribution in [2.45, 2.75) is 31.8 Å². The molecular formula is C11H16N2O4. The van der Waals surface area contributed by atoms with Crippen LogP contribution in [0.2, 0.25) is 0 Å². The Balaban J connectivity index is 0.000000317. The van der Waals surface area contributed by atoms with Gasteiger partial charge in [0.25, 0.3) is 5.97 Å². The van der Waals surface area contributed by atoms with E-state index < -0.39 is 5.97 Å². The Kier molecular flexibility index (Phi) is 4.71. The Morgan fingerprint density at radius 3 is 2.71 bits per heavy atom. The molecule has 2 rings (SSSR count). The Labute approximate surface area is 98.8 Å². The zero-order chi connectivity index (χ0) is 12.8. The Hall–Kier alpha value is -1.82. The molecule has 0 aliphatic carbocycles. The average Bonchev–Trinajstić information content (AvgIpc) is 2.75. The third kappa shape index (κ3) is 4.28. The highest BCUT2D eigenvalue weighted by Crippen LogP contribution is 2.12. The lowest BCUT2D eigenvalue weighted by Crippen LogP contribution is -2.66. The number of carboxylic acids is 1. The largest absolute Gasteiger partial charge is 0.481 e. The van der Waals surface area contributed by atoms with E-state index >= 15 is 0 Å². The molecule has 6 nitrogen and oxygen atoms in total. The van der Waals surface area contributed by atoms with Gasteiger partial charge in [-0.05, 0) is 18.6 Å². The summed E-state index contributed by atoms with van der Waals surface area (Å²) in [7, 11) is 0. The molecule has 0 spiro atoms. The molecule has 0 aromatic carbocycles. The second-order valence-electron chi connectivity index (χ2n) is 3.78. The minimum Gasteiger partial charge on any atom is -0.481 e. The van der Waals surface area contributed by atoms with E-state index in [4.69, 9.17) is 20.1 Å². The number of furan rings is 1. The van der Waals surface area contributed by atoms with Gasteiger partial charge in [-0.15, -0.1) is 0 Å². The average molecular weight is 240 g/mol. The van der Waals surface area contributed by atoms with Crippen LogP contribution in [0.3, 0.4) is 0 Å². The van der Waals surface area contributed by atoms with Crippen LogP contribution in [0.5, 0.6) is 0 Å². The SMILES string of the molecule is CC(=O)O.N[C@@H]1C(=O)N[C@@H]1CCc1ccco1. The van der Waals surface area contributed by atoms with Crippen LogP contribution in [0.1, 0.15) is 19.1 Å². The van der Waals surface area contributed by atoms with Gasteiger partial charge < -0.3 is 20.6 Å². The fraction of sp³-hybridized carbons (Fsp3) is 0.455. The molecule has 1 aliphatic heterocycles. The fourth-order valence-electron chi connectivity index (χ4n) is 1.46. The smallest absolute Gasteiger partial charge is 0.300 e. The van der Waals surface area contributed by atoms with Crippen molar-refractivity contribution in [3.63, 3.8) is 0 Å². The maximum Gasteiger partial charge on any atom is 0.300 e. The molecule has 0 unspecified atom stereocenters. The minimum atomic E-state index is -0.833. The van der Waals surface area contributed by atoms with Crippen molar-refractivity contribution < 1.29 is 19.1 Å². The molecule has 1 aliphatic rings. The summed E-state index contributed by atoms with van der Waals surface area (Å²) >= 11 is 0. The van der Waals surface area contributed by atoms with E-state index in [1.165, 1.54) is 0 Å². The van der Waals surface area contributed by atoms with Gasteiger partial charge in [0.2, 0.25) is 5.91 Å². The molecule has 0 radical (unpaired) electrons. The van der Waals surface area contributed by atoms with Crippen LogP contribution in [-0.4, -0.2) is 29.1 Å². The van der Waals surface area contributed by atoms with Crippen molar-refractivity contribution in [2.24, 2.45) is 5.73 Å². The molecule has 1 aromatic rings. The molecule has 94 valence electrons. The van der Waals surface area contributed by atoms with Crippen LogP contribution >= 0.6 is 0 Å². The Morgan fingerprint density at radius 1 is 1.65 bits per heavy atom. The lowest BCUT2D eigenvalue weighted by atomic mass is 9.95. The molecule has 17 heavy (non-hydrogen) atoms. The van der Waals surface area contributed by atoms with Gasteiger partial charge in [-0.3, -0.25) is 9.59 Å². The first-order valence-electron chi connectivity index (χ1n) is 5.28. The third-order valence-corrected chi connectivity index (χ3v) is 2.35. The van der Waals surface area contributed by atoms with Crippen LogP contribution in [0, 0.1) is 0 Å². The number of hydrogen-bond acceptors (Lipinski definition) is 4. The number of hydrogen-bond donors (Lipinski definition) is 3. The second kappa shape index (κ2) is 6.05. The monoisotopic (exact) mass is 240 g/mol. The van der Waals surface area contributed by atoms with Crippen LogP contribution in [0.15, 0.2) is 22.8 Å². The Morgan fingerprint density at radius 2 is 2.29 bits per heavy atom. The van der Waals surface area contributed by atoms with Crippen LogP contribution in [-0.2, 0) is 16.0 Å². The standard InChI is InChI=1S/C9H12N2O2.C2H4O2/c10-8-7(11-9(8)12)4-3-6-2-1-5-13-6;1-2(3)4/h1-2,5,7-8H,3-4,10H2,(H,11,12);1H3,(H,3,4)/t7-,8+;/m1./s1. The van der Waals surface area contributed by atoms with Gasteiger partial charge in [0.05, 0.1) is 12.3 Å². The number of aliphatic carboxylic acids is 1. The van der Waals surface area contributed by atoms with Crippen molar-refractivity contribution >= 4 is 11.9 Å². The van der Waals surface area contributed by atoms with Crippen molar-refractivity contribution in [3.05, 3.63) is 24.2 Å².